The molecule has 1 saturated carbocycles. The fraction of sp³-hybridized carbons (Fsp3) is 0.750. The Kier molecular flexibility index (Phi) is 4.87. The third-order valence-corrected chi connectivity index (χ3v) is 6.19. The van der Waals surface area contributed by atoms with E-state index in [0.29, 0.717) is 18.9 Å². The van der Waals surface area contributed by atoms with Crippen molar-refractivity contribution in [3.63, 3.8) is 0 Å². The van der Waals surface area contributed by atoms with Gasteiger partial charge in [0.2, 0.25) is 0 Å². The summed E-state index contributed by atoms with van der Waals surface area (Å²) in [4.78, 5) is 14.8. The standard InChI is InChI=1S/C20H29NO4/c1-15-6-7-17(25-15)19(22)21-10-8-18-20(13-21,9-3-11-24-18)14-23-12-16-4-2-5-16/h6-7,16,18H,2-5,8-14H2,1H3. The van der Waals surface area contributed by atoms with Gasteiger partial charge in [-0.15, -0.1) is 0 Å². The van der Waals surface area contributed by atoms with Gasteiger partial charge in [-0.05, 0) is 57.1 Å². The van der Waals surface area contributed by atoms with Crippen molar-refractivity contribution < 1.29 is 18.7 Å². The molecule has 3 heterocycles. The van der Waals surface area contributed by atoms with Crippen molar-refractivity contribution in [2.75, 3.05) is 32.9 Å². The molecule has 2 atom stereocenters. The minimum atomic E-state index is -0.0580. The molecule has 1 amide bonds. The molecule has 1 aromatic heterocycles. The van der Waals surface area contributed by atoms with E-state index in [1.54, 1.807) is 6.07 Å². The lowest BCUT2D eigenvalue weighted by Gasteiger charge is -2.50. The van der Waals surface area contributed by atoms with E-state index in [9.17, 15) is 4.79 Å². The molecule has 138 valence electrons. The van der Waals surface area contributed by atoms with Crippen LogP contribution in [0, 0.1) is 18.3 Å². The van der Waals surface area contributed by atoms with Gasteiger partial charge in [0.25, 0.3) is 5.91 Å². The number of ether oxygens (including phenoxy) is 2. The van der Waals surface area contributed by atoms with Crippen LogP contribution in [0.15, 0.2) is 16.5 Å². The minimum absolute atomic E-state index is 0.00417. The zero-order chi connectivity index (χ0) is 17.3. The van der Waals surface area contributed by atoms with Crippen LogP contribution in [0.4, 0.5) is 0 Å². The molecule has 4 rings (SSSR count). The van der Waals surface area contributed by atoms with Gasteiger partial charge in [0.15, 0.2) is 5.76 Å². The van der Waals surface area contributed by atoms with Crippen LogP contribution in [0.5, 0.6) is 0 Å². The Balaban J connectivity index is 1.44. The average molecular weight is 347 g/mol. The Hall–Kier alpha value is -1.33. The van der Waals surface area contributed by atoms with Crippen LogP contribution in [0.25, 0.3) is 0 Å². The fourth-order valence-electron chi connectivity index (χ4n) is 4.47. The average Bonchev–Trinajstić information content (AvgIpc) is 3.02. The summed E-state index contributed by atoms with van der Waals surface area (Å²) in [6.07, 6.45) is 7.16. The minimum Gasteiger partial charge on any atom is -0.456 e. The van der Waals surface area contributed by atoms with Crippen molar-refractivity contribution in [1.29, 1.82) is 0 Å². The van der Waals surface area contributed by atoms with Crippen LogP contribution in [-0.2, 0) is 9.47 Å². The lowest BCUT2D eigenvalue weighted by molar-refractivity contribution is -0.150. The lowest BCUT2D eigenvalue weighted by Crippen LogP contribution is -2.58. The summed E-state index contributed by atoms with van der Waals surface area (Å²) >= 11 is 0. The maximum Gasteiger partial charge on any atom is 0.289 e. The second kappa shape index (κ2) is 7.12. The van der Waals surface area contributed by atoms with Crippen molar-refractivity contribution in [3.05, 3.63) is 23.7 Å². The van der Waals surface area contributed by atoms with Crippen LogP contribution >= 0.6 is 0 Å². The van der Waals surface area contributed by atoms with Crippen LogP contribution in [0.2, 0.25) is 0 Å². The van der Waals surface area contributed by atoms with E-state index >= 15 is 0 Å². The van der Waals surface area contributed by atoms with E-state index < -0.39 is 0 Å². The first kappa shape index (κ1) is 17.1. The molecule has 5 nitrogen and oxygen atoms in total. The molecule has 1 aliphatic carbocycles. The number of nitrogens with zero attached hydrogens (tertiary/aromatic N) is 1. The molecule has 3 aliphatic rings. The first-order valence-corrected chi connectivity index (χ1v) is 9.71. The zero-order valence-corrected chi connectivity index (χ0v) is 15.2. The quantitative estimate of drug-likeness (QED) is 0.819. The summed E-state index contributed by atoms with van der Waals surface area (Å²) in [6.45, 7) is 5.71. The number of carbonyl (C=O) groups excluding carboxylic acids is 1. The number of likely N-dealkylation sites (tertiary alicyclic amines) is 1. The van der Waals surface area contributed by atoms with E-state index in [4.69, 9.17) is 13.9 Å². The molecule has 0 spiro atoms. The summed E-state index contributed by atoms with van der Waals surface area (Å²) in [6, 6.07) is 3.63. The topological polar surface area (TPSA) is 51.9 Å². The molecule has 0 radical (unpaired) electrons. The normalized spacial score (nSPS) is 30.0. The van der Waals surface area contributed by atoms with Gasteiger partial charge in [-0.1, -0.05) is 6.42 Å². The number of aryl methyl sites for hydroxylation is 1. The Morgan fingerprint density at radius 3 is 2.92 bits per heavy atom. The third-order valence-electron chi connectivity index (χ3n) is 6.19. The molecule has 25 heavy (non-hydrogen) atoms. The summed E-state index contributed by atoms with van der Waals surface area (Å²) in [5, 5.41) is 0. The molecule has 0 aromatic carbocycles. The molecule has 2 unspecified atom stereocenters. The summed E-state index contributed by atoms with van der Waals surface area (Å²) in [7, 11) is 0. The Morgan fingerprint density at radius 2 is 2.20 bits per heavy atom. The predicted octanol–water partition coefficient (Wildman–Crippen LogP) is 3.42. The van der Waals surface area contributed by atoms with Gasteiger partial charge in [-0.25, -0.2) is 0 Å². The van der Waals surface area contributed by atoms with E-state index in [-0.39, 0.29) is 17.4 Å². The van der Waals surface area contributed by atoms with Crippen LogP contribution in [0.1, 0.15) is 54.8 Å². The number of carbonyl (C=O) groups is 1. The summed E-state index contributed by atoms with van der Waals surface area (Å²) in [5.74, 6) is 1.96. The van der Waals surface area contributed by atoms with Gasteiger partial charge in [-0.2, -0.15) is 0 Å². The maximum atomic E-state index is 12.8. The highest BCUT2D eigenvalue weighted by atomic mass is 16.5. The molecular formula is C20H29NO4. The number of furan rings is 1. The first-order chi connectivity index (χ1) is 12.2. The van der Waals surface area contributed by atoms with Crippen molar-refractivity contribution in [2.24, 2.45) is 11.3 Å². The van der Waals surface area contributed by atoms with Crippen molar-refractivity contribution in [3.8, 4) is 0 Å². The Labute approximate surface area is 149 Å². The molecule has 0 bridgehead atoms. The highest BCUT2D eigenvalue weighted by molar-refractivity contribution is 5.91. The Bertz CT molecular complexity index is 609. The number of hydrogen-bond acceptors (Lipinski definition) is 4. The van der Waals surface area contributed by atoms with E-state index in [1.807, 2.05) is 17.9 Å². The van der Waals surface area contributed by atoms with E-state index in [2.05, 4.69) is 0 Å². The number of rotatable bonds is 5. The number of fused-ring (bicyclic) bond motifs is 1. The van der Waals surface area contributed by atoms with Crippen LogP contribution < -0.4 is 0 Å². The van der Waals surface area contributed by atoms with Crippen molar-refractivity contribution in [2.45, 2.75) is 51.6 Å². The lowest BCUT2D eigenvalue weighted by atomic mass is 9.73. The largest absolute Gasteiger partial charge is 0.456 e. The molecule has 1 aromatic rings. The summed E-state index contributed by atoms with van der Waals surface area (Å²) in [5.41, 5.74) is -0.0580. The van der Waals surface area contributed by atoms with Gasteiger partial charge in [-0.3, -0.25) is 4.79 Å². The second-order valence-electron chi connectivity index (χ2n) is 8.06. The van der Waals surface area contributed by atoms with E-state index in [1.165, 1.54) is 19.3 Å². The molecule has 0 N–H and O–H groups in total. The van der Waals surface area contributed by atoms with Gasteiger partial charge < -0.3 is 18.8 Å². The SMILES string of the molecule is Cc1ccc(C(=O)N2CCC3OCCCC3(COCC3CCC3)C2)o1. The number of hydrogen-bond donors (Lipinski definition) is 0. The van der Waals surface area contributed by atoms with Crippen molar-refractivity contribution in [1.82, 2.24) is 4.90 Å². The smallest absolute Gasteiger partial charge is 0.289 e. The first-order valence-electron chi connectivity index (χ1n) is 9.71. The van der Waals surface area contributed by atoms with Crippen LogP contribution in [-0.4, -0.2) is 49.8 Å². The van der Waals surface area contributed by atoms with Crippen molar-refractivity contribution >= 4 is 5.91 Å². The zero-order valence-electron chi connectivity index (χ0n) is 15.2. The van der Waals surface area contributed by atoms with Gasteiger partial charge in [0.1, 0.15) is 5.76 Å². The second-order valence-corrected chi connectivity index (χ2v) is 8.06. The fourth-order valence-corrected chi connectivity index (χ4v) is 4.47. The summed E-state index contributed by atoms with van der Waals surface area (Å²) < 4.78 is 17.8. The third kappa shape index (κ3) is 3.49. The molecule has 5 heteroatoms. The Morgan fingerprint density at radius 1 is 1.32 bits per heavy atom. The highest BCUT2D eigenvalue weighted by Crippen LogP contribution is 2.41. The predicted molar refractivity (Wildman–Crippen MR) is 93.5 cm³/mol. The number of piperidine rings is 1. The van der Waals surface area contributed by atoms with Crippen LogP contribution in [0.3, 0.4) is 0 Å². The molecule has 2 aliphatic heterocycles. The van der Waals surface area contributed by atoms with Gasteiger partial charge in [0, 0.05) is 31.7 Å². The molecular weight excluding hydrogens is 318 g/mol. The maximum absolute atomic E-state index is 12.8. The van der Waals surface area contributed by atoms with E-state index in [0.717, 1.165) is 50.7 Å². The molecule has 3 fully saturated rings. The monoisotopic (exact) mass is 347 g/mol. The highest BCUT2D eigenvalue weighted by Gasteiger charge is 2.47. The van der Waals surface area contributed by atoms with Gasteiger partial charge in [0.05, 0.1) is 12.7 Å². The van der Waals surface area contributed by atoms with Gasteiger partial charge >= 0.3 is 0 Å². The molecule has 2 saturated heterocycles. The number of amides is 1.